The molecule has 0 saturated carbocycles. The molecule has 4 nitrogen and oxygen atoms in total. The van der Waals surface area contributed by atoms with Crippen LogP contribution in [0.2, 0.25) is 0 Å². The molecule has 9 heteroatoms. The first-order chi connectivity index (χ1) is 13.9. The number of fused-ring (bicyclic) bond motifs is 1. The van der Waals surface area contributed by atoms with Crippen molar-refractivity contribution in [3.05, 3.63) is 83.2 Å². The number of anilines is 1. The van der Waals surface area contributed by atoms with Crippen molar-refractivity contribution >= 4 is 22.7 Å². The van der Waals surface area contributed by atoms with E-state index in [1.807, 2.05) is 6.07 Å². The quantitative estimate of drug-likeness (QED) is 0.281. The molecule has 0 aliphatic rings. The molecule has 0 aliphatic carbocycles. The van der Waals surface area contributed by atoms with E-state index in [9.17, 15) is 26.7 Å². The van der Waals surface area contributed by atoms with Crippen LogP contribution in [0.3, 0.4) is 0 Å². The summed E-state index contributed by atoms with van der Waals surface area (Å²) in [6, 6.07) is 13.1. The first kappa shape index (κ1) is 18.6. The summed E-state index contributed by atoms with van der Waals surface area (Å²) >= 11 is 0. The van der Waals surface area contributed by atoms with Crippen LogP contribution in [0, 0.1) is 29.1 Å². The van der Waals surface area contributed by atoms with Crippen molar-refractivity contribution < 1.29 is 31.2 Å². The highest BCUT2D eigenvalue weighted by molar-refractivity contribution is 6.05. The van der Waals surface area contributed by atoms with Gasteiger partial charge in [-0.3, -0.25) is 4.79 Å². The highest BCUT2D eigenvalue weighted by Gasteiger charge is 2.29. The third-order valence-electron chi connectivity index (χ3n) is 4.10. The minimum atomic E-state index is -2.34. The van der Waals surface area contributed by atoms with Gasteiger partial charge in [-0.05, 0) is 30.3 Å². The summed E-state index contributed by atoms with van der Waals surface area (Å²) in [7, 11) is 0. The van der Waals surface area contributed by atoms with Crippen LogP contribution in [-0.2, 0) is 0 Å². The van der Waals surface area contributed by atoms with Gasteiger partial charge in [0.2, 0.25) is 11.7 Å². The van der Waals surface area contributed by atoms with Crippen molar-refractivity contribution in [3.8, 4) is 11.5 Å². The second kappa shape index (κ2) is 7.01. The predicted molar refractivity (Wildman–Crippen MR) is 93.6 cm³/mol. The molecule has 1 amide bonds. The summed E-state index contributed by atoms with van der Waals surface area (Å²) < 4.78 is 72.9. The minimum Gasteiger partial charge on any atom is -0.436 e. The van der Waals surface area contributed by atoms with Crippen LogP contribution in [0.4, 0.5) is 27.6 Å². The van der Waals surface area contributed by atoms with Crippen molar-refractivity contribution in [1.29, 1.82) is 0 Å². The van der Waals surface area contributed by atoms with Gasteiger partial charge in [-0.2, -0.15) is 0 Å². The zero-order chi connectivity index (χ0) is 20.7. The van der Waals surface area contributed by atoms with Crippen LogP contribution in [0.15, 0.2) is 52.9 Å². The van der Waals surface area contributed by atoms with Gasteiger partial charge in [-0.15, -0.1) is 0 Å². The lowest BCUT2D eigenvalue weighted by atomic mass is 10.1. The Balaban J connectivity index is 1.67. The number of carbonyl (C=O) groups is 1. The number of aromatic nitrogens is 1. The van der Waals surface area contributed by atoms with E-state index in [1.54, 1.807) is 24.3 Å². The van der Waals surface area contributed by atoms with Gasteiger partial charge in [0.15, 0.2) is 28.9 Å². The van der Waals surface area contributed by atoms with E-state index in [0.29, 0.717) is 22.6 Å². The largest absolute Gasteiger partial charge is 0.436 e. The molecule has 1 N–H and O–H groups in total. The molecule has 0 bridgehead atoms. The van der Waals surface area contributed by atoms with E-state index in [-0.39, 0.29) is 5.69 Å². The number of benzene rings is 3. The maximum absolute atomic E-state index is 13.8. The number of nitrogens with zero attached hydrogens (tertiary/aromatic N) is 1. The Labute approximate surface area is 159 Å². The molecule has 1 aromatic heterocycles. The topological polar surface area (TPSA) is 55.1 Å². The Kier molecular flexibility index (Phi) is 4.50. The molecule has 3 aromatic carbocycles. The lowest BCUT2D eigenvalue weighted by Gasteiger charge is -2.09. The van der Waals surface area contributed by atoms with Crippen LogP contribution in [0.1, 0.15) is 10.4 Å². The van der Waals surface area contributed by atoms with Gasteiger partial charge in [0.25, 0.3) is 5.91 Å². The maximum atomic E-state index is 13.8. The SMILES string of the molecule is O=C(Nc1ccc2oc(-c3ccccc3)nc2c1)c1c(F)c(F)c(F)c(F)c1F. The second-order valence-corrected chi connectivity index (χ2v) is 5.97. The summed E-state index contributed by atoms with van der Waals surface area (Å²) in [4.78, 5) is 16.4. The fourth-order valence-electron chi connectivity index (χ4n) is 2.71. The lowest BCUT2D eigenvalue weighted by molar-refractivity contribution is 0.101. The van der Waals surface area contributed by atoms with E-state index < -0.39 is 40.6 Å². The number of amides is 1. The Hall–Kier alpha value is -3.75. The van der Waals surface area contributed by atoms with E-state index in [4.69, 9.17) is 4.42 Å². The van der Waals surface area contributed by atoms with Crippen LogP contribution >= 0.6 is 0 Å². The highest BCUT2D eigenvalue weighted by atomic mass is 19.2. The number of nitrogens with one attached hydrogen (secondary N) is 1. The third kappa shape index (κ3) is 3.20. The zero-order valence-electron chi connectivity index (χ0n) is 14.3. The van der Waals surface area contributed by atoms with Crippen molar-refractivity contribution in [3.63, 3.8) is 0 Å². The van der Waals surface area contributed by atoms with Gasteiger partial charge >= 0.3 is 0 Å². The smallest absolute Gasteiger partial charge is 0.261 e. The van der Waals surface area contributed by atoms with Crippen LogP contribution in [-0.4, -0.2) is 10.9 Å². The summed E-state index contributed by atoms with van der Waals surface area (Å²) in [5.74, 6) is -12.4. The van der Waals surface area contributed by atoms with Gasteiger partial charge in [-0.1, -0.05) is 18.2 Å². The highest BCUT2D eigenvalue weighted by Crippen LogP contribution is 2.27. The molecule has 1 heterocycles. The monoisotopic (exact) mass is 404 g/mol. The molecule has 0 aliphatic heterocycles. The minimum absolute atomic E-state index is 0.0272. The molecule has 0 radical (unpaired) electrons. The summed E-state index contributed by atoms with van der Waals surface area (Å²) in [5, 5.41) is 2.10. The molecule has 0 saturated heterocycles. The summed E-state index contributed by atoms with van der Waals surface area (Å²) in [6.45, 7) is 0. The van der Waals surface area contributed by atoms with Crippen molar-refractivity contribution in [2.45, 2.75) is 0 Å². The van der Waals surface area contributed by atoms with Gasteiger partial charge in [-0.25, -0.2) is 26.9 Å². The van der Waals surface area contributed by atoms with Crippen molar-refractivity contribution in [2.75, 3.05) is 5.32 Å². The predicted octanol–water partition coefficient (Wildman–Crippen LogP) is 5.44. The average molecular weight is 404 g/mol. The summed E-state index contributed by atoms with van der Waals surface area (Å²) in [5.41, 5.74) is -0.154. The molecule has 146 valence electrons. The standard InChI is InChI=1S/C20H9F5N2O2/c21-14-13(15(22)17(24)18(25)16(14)23)19(28)26-10-6-7-12-11(8-10)27-20(29-12)9-4-2-1-3-5-9/h1-8H,(H,26,28). The summed E-state index contributed by atoms with van der Waals surface area (Å²) in [6.07, 6.45) is 0. The van der Waals surface area contributed by atoms with Crippen LogP contribution in [0.5, 0.6) is 0 Å². The molecular formula is C20H9F5N2O2. The number of hydrogen-bond acceptors (Lipinski definition) is 3. The Morgan fingerprint density at radius 3 is 2.10 bits per heavy atom. The van der Waals surface area contributed by atoms with Gasteiger partial charge in [0, 0.05) is 11.3 Å². The second-order valence-electron chi connectivity index (χ2n) is 5.97. The molecule has 0 unspecified atom stereocenters. The van der Waals surface area contributed by atoms with E-state index in [0.717, 1.165) is 0 Å². The molecule has 0 spiro atoms. The molecule has 0 atom stereocenters. The van der Waals surface area contributed by atoms with E-state index in [2.05, 4.69) is 10.3 Å². The number of rotatable bonds is 3. The first-order valence-electron chi connectivity index (χ1n) is 8.15. The average Bonchev–Trinajstić information content (AvgIpc) is 3.15. The van der Waals surface area contributed by atoms with Crippen molar-refractivity contribution in [2.24, 2.45) is 0 Å². The van der Waals surface area contributed by atoms with E-state index in [1.165, 1.54) is 18.2 Å². The van der Waals surface area contributed by atoms with Crippen LogP contribution in [0.25, 0.3) is 22.6 Å². The number of oxazole rings is 1. The number of halogens is 5. The lowest BCUT2D eigenvalue weighted by Crippen LogP contribution is -2.19. The zero-order valence-corrected chi connectivity index (χ0v) is 14.3. The fourth-order valence-corrected chi connectivity index (χ4v) is 2.71. The van der Waals surface area contributed by atoms with Gasteiger partial charge < -0.3 is 9.73 Å². The first-order valence-corrected chi connectivity index (χ1v) is 8.15. The maximum Gasteiger partial charge on any atom is 0.261 e. The number of hydrogen-bond donors (Lipinski definition) is 1. The van der Waals surface area contributed by atoms with Gasteiger partial charge in [0.1, 0.15) is 11.1 Å². The molecule has 4 rings (SSSR count). The Morgan fingerprint density at radius 1 is 0.828 bits per heavy atom. The Morgan fingerprint density at radius 2 is 1.45 bits per heavy atom. The molecule has 0 fully saturated rings. The number of carbonyl (C=O) groups excluding carboxylic acids is 1. The molecular weight excluding hydrogens is 395 g/mol. The van der Waals surface area contributed by atoms with E-state index >= 15 is 0 Å². The van der Waals surface area contributed by atoms with Gasteiger partial charge in [0.05, 0.1) is 0 Å². The molecule has 4 aromatic rings. The van der Waals surface area contributed by atoms with Crippen molar-refractivity contribution in [1.82, 2.24) is 4.98 Å². The van der Waals surface area contributed by atoms with Crippen LogP contribution < -0.4 is 5.32 Å². The normalized spacial score (nSPS) is 11.1. The molecule has 29 heavy (non-hydrogen) atoms. The third-order valence-corrected chi connectivity index (χ3v) is 4.10. The Bertz CT molecular complexity index is 1230. The fraction of sp³-hybridized carbons (Fsp3) is 0.